The number of hydrogen-bond acceptors (Lipinski definition) is 3. The van der Waals surface area contributed by atoms with E-state index in [1.807, 2.05) is 82.6 Å². The van der Waals surface area contributed by atoms with Crippen LogP contribution < -0.4 is 9.64 Å². The number of urea groups is 1. The minimum absolute atomic E-state index is 0.0637. The summed E-state index contributed by atoms with van der Waals surface area (Å²) in [5.74, 6) is 0.848. The van der Waals surface area contributed by atoms with Crippen molar-refractivity contribution in [3.8, 4) is 5.75 Å². The van der Waals surface area contributed by atoms with Gasteiger partial charge in [-0.15, -0.1) is 0 Å². The molecule has 2 fully saturated rings. The van der Waals surface area contributed by atoms with Crippen LogP contribution in [0.5, 0.6) is 5.75 Å². The summed E-state index contributed by atoms with van der Waals surface area (Å²) in [7, 11) is 1.63. The molecule has 1 heterocycles. The number of ketones is 1. The zero-order valence-corrected chi connectivity index (χ0v) is 19.5. The summed E-state index contributed by atoms with van der Waals surface area (Å²) >= 11 is 0. The Balaban J connectivity index is 1.63. The van der Waals surface area contributed by atoms with Gasteiger partial charge in [-0.05, 0) is 48.2 Å². The number of anilines is 1. The molecule has 5 rings (SSSR count). The first-order chi connectivity index (χ1) is 16.7. The van der Waals surface area contributed by atoms with Crippen molar-refractivity contribution in [1.29, 1.82) is 0 Å². The lowest BCUT2D eigenvalue weighted by atomic mass is 9.78. The number of methoxy groups -OCH3 is 1. The third-order valence-electron chi connectivity index (χ3n) is 7.11. The summed E-state index contributed by atoms with van der Waals surface area (Å²) in [4.78, 5) is 31.1. The van der Waals surface area contributed by atoms with Crippen molar-refractivity contribution >= 4 is 17.5 Å². The number of benzene rings is 3. The van der Waals surface area contributed by atoms with Crippen molar-refractivity contribution in [3.63, 3.8) is 0 Å². The lowest BCUT2D eigenvalue weighted by Gasteiger charge is -2.35. The number of ether oxygens (including phenoxy) is 1. The second-order valence-electron chi connectivity index (χ2n) is 9.13. The lowest BCUT2D eigenvalue weighted by molar-refractivity contribution is -0.126. The molecule has 5 heteroatoms. The molecule has 0 N–H and O–H groups in total. The number of amides is 2. The summed E-state index contributed by atoms with van der Waals surface area (Å²) in [6.45, 7) is 0.476. The van der Waals surface area contributed by atoms with E-state index in [0.29, 0.717) is 13.0 Å². The van der Waals surface area contributed by atoms with E-state index in [1.165, 1.54) is 0 Å². The van der Waals surface area contributed by atoms with Crippen LogP contribution in [0.25, 0.3) is 0 Å². The monoisotopic (exact) mass is 454 g/mol. The number of hydrogen-bond donors (Lipinski definition) is 0. The predicted molar refractivity (Wildman–Crippen MR) is 133 cm³/mol. The fraction of sp³-hybridized carbons (Fsp3) is 0.310. The van der Waals surface area contributed by atoms with E-state index in [0.717, 1.165) is 41.8 Å². The smallest absolute Gasteiger partial charge is 0.325 e. The number of Topliss-reactive ketones (excluding diaryl/α,β-unsaturated/α-hetero) is 1. The Labute approximate surface area is 201 Å². The molecule has 0 radical (unpaired) electrons. The molecule has 34 heavy (non-hydrogen) atoms. The second-order valence-corrected chi connectivity index (χ2v) is 9.13. The Kier molecular flexibility index (Phi) is 6.35. The third-order valence-corrected chi connectivity index (χ3v) is 7.11. The van der Waals surface area contributed by atoms with Crippen molar-refractivity contribution in [2.45, 2.75) is 44.3 Å². The molecule has 1 aliphatic carbocycles. The van der Waals surface area contributed by atoms with Gasteiger partial charge >= 0.3 is 6.03 Å². The van der Waals surface area contributed by atoms with E-state index in [-0.39, 0.29) is 29.8 Å². The molecular weight excluding hydrogens is 424 g/mol. The van der Waals surface area contributed by atoms with Crippen LogP contribution in [0.15, 0.2) is 84.9 Å². The molecule has 3 aromatic rings. The van der Waals surface area contributed by atoms with E-state index < -0.39 is 0 Å². The Morgan fingerprint density at radius 1 is 0.853 bits per heavy atom. The summed E-state index contributed by atoms with van der Waals surface area (Å²) in [5, 5.41) is 0. The lowest BCUT2D eigenvalue weighted by Crippen LogP contribution is -2.43. The normalized spacial score (nSPS) is 22.8. The van der Waals surface area contributed by atoms with E-state index in [2.05, 4.69) is 12.1 Å². The average Bonchev–Trinajstić information content (AvgIpc) is 3.17. The summed E-state index contributed by atoms with van der Waals surface area (Å²) in [6, 6.07) is 27.3. The molecule has 0 aromatic heterocycles. The molecule has 1 saturated carbocycles. The minimum atomic E-state index is -0.252. The van der Waals surface area contributed by atoms with Crippen LogP contribution >= 0.6 is 0 Å². The van der Waals surface area contributed by atoms with Crippen LogP contribution in [-0.4, -0.2) is 29.9 Å². The predicted octanol–water partition coefficient (Wildman–Crippen LogP) is 6.01. The molecule has 0 bridgehead atoms. The number of rotatable bonds is 6. The van der Waals surface area contributed by atoms with Gasteiger partial charge < -0.3 is 9.64 Å². The van der Waals surface area contributed by atoms with Gasteiger partial charge in [0.1, 0.15) is 11.5 Å². The molecular formula is C29H30N2O3. The molecule has 3 aromatic carbocycles. The van der Waals surface area contributed by atoms with Crippen LogP contribution in [-0.2, 0) is 11.3 Å². The highest BCUT2D eigenvalue weighted by Gasteiger charge is 2.52. The quantitative estimate of drug-likeness (QED) is 0.459. The van der Waals surface area contributed by atoms with Gasteiger partial charge in [-0.2, -0.15) is 0 Å². The maximum atomic E-state index is 14.1. The SMILES string of the molecule is COc1ccc(N2C(=O)N(Cc3ccccc3)[C@@H](C3CCCCC3=O)[C@@H]2c2ccccc2)cc1. The van der Waals surface area contributed by atoms with Crippen molar-refractivity contribution in [2.24, 2.45) is 5.92 Å². The van der Waals surface area contributed by atoms with E-state index >= 15 is 0 Å². The van der Waals surface area contributed by atoms with Gasteiger partial charge in [-0.25, -0.2) is 4.79 Å². The highest BCUT2D eigenvalue weighted by Crippen LogP contribution is 2.45. The zero-order chi connectivity index (χ0) is 23.5. The van der Waals surface area contributed by atoms with Crippen molar-refractivity contribution in [3.05, 3.63) is 96.1 Å². The maximum Gasteiger partial charge on any atom is 0.325 e. The number of nitrogens with zero attached hydrogens (tertiary/aromatic N) is 2. The maximum absolute atomic E-state index is 14.1. The minimum Gasteiger partial charge on any atom is -0.497 e. The second kappa shape index (κ2) is 9.72. The first-order valence-electron chi connectivity index (χ1n) is 12.0. The van der Waals surface area contributed by atoms with Crippen molar-refractivity contribution < 1.29 is 14.3 Å². The van der Waals surface area contributed by atoms with E-state index in [1.54, 1.807) is 7.11 Å². The van der Waals surface area contributed by atoms with Gasteiger partial charge in [0, 0.05) is 24.6 Å². The fourth-order valence-corrected chi connectivity index (χ4v) is 5.48. The summed E-state index contributed by atoms with van der Waals surface area (Å²) in [5.41, 5.74) is 2.92. The van der Waals surface area contributed by atoms with Gasteiger partial charge in [-0.3, -0.25) is 9.69 Å². The van der Waals surface area contributed by atoms with Crippen LogP contribution in [0.2, 0.25) is 0 Å². The Morgan fingerprint density at radius 3 is 2.18 bits per heavy atom. The molecule has 174 valence electrons. The Bertz CT molecular complexity index is 1130. The Morgan fingerprint density at radius 2 is 1.53 bits per heavy atom. The average molecular weight is 455 g/mol. The third kappa shape index (κ3) is 4.18. The van der Waals surface area contributed by atoms with Crippen LogP contribution in [0.3, 0.4) is 0 Å². The van der Waals surface area contributed by atoms with Gasteiger partial charge in [0.15, 0.2) is 0 Å². The molecule has 0 spiro atoms. The summed E-state index contributed by atoms with van der Waals surface area (Å²) < 4.78 is 5.34. The van der Waals surface area contributed by atoms with Gasteiger partial charge in [0.25, 0.3) is 0 Å². The Hall–Kier alpha value is -3.60. The highest BCUT2D eigenvalue weighted by molar-refractivity contribution is 5.97. The van der Waals surface area contributed by atoms with Crippen LogP contribution in [0.1, 0.15) is 42.9 Å². The number of carbonyl (C=O) groups excluding carboxylic acids is 2. The van der Waals surface area contributed by atoms with E-state index in [9.17, 15) is 9.59 Å². The van der Waals surface area contributed by atoms with Crippen LogP contribution in [0, 0.1) is 5.92 Å². The molecule has 3 atom stereocenters. The molecule has 1 unspecified atom stereocenters. The topological polar surface area (TPSA) is 49.9 Å². The molecule has 2 aliphatic rings. The van der Waals surface area contributed by atoms with Crippen molar-refractivity contribution in [1.82, 2.24) is 4.90 Å². The van der Waals surface area contributed by atoms with Crippen LogP contribution in [0.4, 0.5) is 10.5 Å². The first-order valence-corrected chi connectivity index (χ1v) is 12.0. The van der Waals surface area contributed by atoms with E-state index in [4.69, 9.17) is 4.74 Å². The molecule has 2 amide bonds. The summed E-state index contributed by atoms with van der Waals surface area (Å²) in [6.07, 6.45) is 3.37. The first kappa shape index (κ1) is 22.2. The molecule has 5 nitrogen and oxygen atoms in total. The number of carbonyl (C=O) groups is 2. The molecule has 1 saturated heterocycles. The standard InChI is InChI=1S/C29H30N2O3/c1-34-24-18-16-23(17-19-24)31-27(22-12-6-3-7-13-22)28(25-14-8-9-15-26(25)32)30(29(31)33)20-21-10-4-2-5-11-21/h2-7,10-13,16-19,25,27-28H,8-9,14-15,20H2,1H3/t25?,27-,28-/m0/s1. The zero-order valence-electron chi connectivity index (χ0n) is 19.5. The molecule has 1 aliphatic heterocycles. The van der Waals surface area contributed by atoms with Gasteiger partial charge in [0.2, 0.25) is 0 Å². The van der Waals surface area contributed by atoms with Gasteiger partial charge in [0.05, 0.1) is 19.2 Å². The largest absolute Gasteiger partial charge is 0.497 e. The highest BCUT2D eigenvalue weighted by atomic mass is 16.5. The van der Waals surface area contributed by atoms with Crippen molar-refractivity contribution in [2.75, 3.05) is 12.0 Å². The fourth-order valence-electron chi connectivity index (χ4n) is 5.48. The van der Waals surface area contributed by atoms with Gasteiger partial charge in [-0.1, -0.05) is 67.1 Å².